The maximum absolute atomic E-state index is 13.6. The number of anilines is 1. The molecule has 7 nitrogen and oxygen atoms in total. The maximum atomic E-state index is 13.6. The molecule has 3 heterocycles. The summed E-state index contributed by atoms with van der Waals surface area (Å²) in [7, 11) is -3.92. The Kier molecular flexibility index (Phi) is 5.36. The zero-order valence-corrected chi connectivity index (χ0v) is 19.8. The van der Waals surface area contributed by atoms with Gasteiger partial charge in [0.15, 0.2) is 5.82 Å². The van der Waals surface area contributed by atoms with E-state index in [1.54, 1.807) is 36.4 Å². The Balaban J connectivity index is 1.60. The Bertz CT molecular complexity index is 1510. The van der Waals surface area contributed by atoms with Crippen molar-refractivity contribution in [1.82, 2.24) is 14.8 Å². The maximum Gasteiger partial charge on any atom is 0.270 e. The Morgan fingerprint density at radius 3 is 2.37 bits per heavy atom. The first-order valence-corrected chi connectivity index (χ1v) is 12.4. The largest absolute Gasteiger partial charge is 0.493 e. The summed E-state index contributed by atoms with van der Waals surface area (Å²) < 4.78 is 56.7. The molecule has 0 atom stereocenters. The number of halogens is 2. The topological polar surface area (TPSA) is 88.3 Å². The first-order chi connectivity index (χ1) is 16.6. The van der Waals surface area contributed by atoms with Crippen LogP contribution in [0.3, 0.4) is 0 Å². The third-order valence-electron chi connectivity index (χ3n) is 6.03. The zero-order valence-electron chi connectivity index (χ0n) is 19.0. The highest BCUT2D eigenvalue weighted by Gasteiger charge is 2.34. The minimum Gasteiger partial charge on any atom is -0.493 e. The molecule has 0 spiro atoms. The summed E-state index contributed by atoms with van der Waals surface area (Å²) in [5.41, 5.74) is 2.47. The lowest BCUT2D eigenvalue weighted by atomic mass is 10.1. The molecule has 0 saturated heterocycles. The molecular weight excluding hydrogens is 474 g/mol. The van der Waals surface area contributed by atoms with Gasteiger partial charge in [-0.05, 0) is 49.7 Å². The van der Waals surface area contributed by atoms with Crippen molar-refractivity contribution in [2.75, 3.05) is 10.8 Å². The number of alkyl halides is 2. The van der Waals surface area contributed by atoms with Gasteiger partial charge in [0.1, 0.15) is 5.69 Å². The number of aromatic hydroxyl groups is 1. The Labute approximate surface area is 201 Å². The number of rotatable bonds is 4. The summed E-state index contributed by atoms with van der Waals surface area (Å²) >= 11 is 0. The van der Waals surface area contributed by atoms with E-state index >= 15 is 0 Å². The molecule has 0 unspecified atom stereocenters. The van der Waals surface area contributed by atoms with Crippen LogP contribution in [0.25, 0.3) is 16.9 Å². The number of sulfonamides is 1. The van der Waals surface area contributed by atoms with Crippen molar-refractivity contribution >= 4 is 15.8 Å². The van der Waals surface area contributed by atoms with Crippen LogP contribution >= 0.6 is 0 Å². The lowest BCUT2D eigenvalue weighted by molar-refractivity contribution is 0.0175. The van der Waals surface area contributed by atoms with E-state index < -0.39 is 15.9 Å². The smallest absolute Gasteiger partial charge is 0.270 e. The van der Waals surface area contributed by atoms with Crippen LogP contribution in [-0.2, 0) is 22.4 Å². The fraction of sp³-hybridized carbons (Fsp3) is 0.200. The van der Waals surface area contributed by atoms with Crippen molar-refractivity contribution in [2.45, 2.75) is 31.1 Å². The molecule has 0 radical (unpaired) electrons. The minimum atomic E-state index is -3.92. The molecule has 0 saturated carbocycles. The molecule has 4 aromatic rings. The third kappa shape index (κ3) is 3.93. The molecule has 0 aliphatic carbocycles. The van der Waals surface area contributed by atoms with E-state index in [1.165, 1.54) is 39.4 Å². The molecule has 2 aromatic heterocycles. The van der Waals surface area contributed by atoms with Crippen molar-refractivity contribution in [3.05, 3.63) is 83.6 Å². The van der Waals surface area contributed by atoms with E-state index in [2.05, 4.69) is 10.1 Å². The van der Waals surface area contributed by atoms with E-state index in [4.69, 9.17) is 0 Å². The number of benzene rings is 2. The summed E-state index contributed by atoms with van der Waals surface area (Å²) in [6, 6.07) is 15.4. The average molecular weight is 497 g/mol. The van der Waals surface area contributed by atoms with Crippen molar-refractivity contribution in [3.63, 3.8) is 0 Å². The van der Waals surface area contributed by atoms with Gasteiger partial charge in [0.05, 0.1) is 10.6 Å². The molecule has 0 amide bonds. The zero-order chi connectivity index (χ0) is 25.0. The Morgan fingerprint density at radius 2 is 1.71 bits per heavy atom. The van der Waals surface area contributed by atoms with E-state index in [0.717, 1.165) is 12.5 Å². The number of hydrogen-bond acceptors (Lipinski definition) is 5. The quantitative estimate of drug-likeness (QED) is 0.438. The number of aryl methyl sites for hydroxylation is 1. The predicted octanol–water partition coefficient (Wildman–Crippen LogP) is 4.81. The molecule has 1 aliphatic heterocycles. The van der Waals surface area contributed by atoms with Gasteiger partial charge in [0, 0.05) is 36.4 Å². The minimum absolute atomic E-state index is 0.0352. The molecule has 0 fully saturated rings. The Morgan fingerprint density at radius 1 is 1.03 bits per heavy atom. The first kappa shape index (κ1) is 23.0. The summed E-state index contributed by atoms with van der Waals surface area (Å²) in [6.07, 6.45) is 1.68. The SMILES string of the molecule is Cc1ccc(S(=O)(=O)N2CCc3c(nn(-c4ccc(C(C)(F)F)cc4)c3O)-c3cccnc32)cc1. The second-order valence-electron chi connectivity index (χ2n) is 8.51. The van der Waals surface area contributed by atoms with Gasteiger partial charge in [-0.25, -0.2) is 31.2 Å². The monoisotopic (exact) mass is 496 g/mol. The summed E-state index contributed by atoms with van der Waals surface area (Å²) in [4.78, 5) is 4.49. The standard InChI is InChI=1S/C25H22F2N4O3S/c1-16-5-11-19(12-6-16)35(33,34)30-15-13-21-22(20-4-3-14-28-23(20)30)29-31(24(21)32)18-9-7-17(8-10-18)25(2,26)27/h3-12,14,32H,13,15H2,1-2H3. The van der Waals surface area contributed by atoms with E-state index in [-0.39, 0.29) is 35.1 Å². The van der Waals surface area contributed by atoms with Crippen molar-refractivity contribution in [2.24, 2.45) is 0 Å². The van der Waals surface area contributed by atoms with Crippen LogP contribution in [0.5, 0.6) is 5.88 Å². The first-order valence-electron chi connectivity index (χ1n) is 10.9. The number of hydrogen-bond donors (Lipinski definition) is 1. The molecule has 2 aromatic carbocycles. The van der Waals surface area contributed by atoms with Crippen LogP contribution in [0, 0.1) is 6.92 Å². The molecular formula is C25H22F2N4O3S. The molecule has 5 rings (SSSR count). The van der Waals surface area contributed by atoms with Crippen LogP contribution in [-0.4, -0.2) is 34.8 Å². The molecule has 0 bridgehead atoms. The fourth-order valence-corrected chi connectivity index (χ4v) is 5.57. The number of pyridine rings is 1. The third-order valence-corrected chi connectivity index (χ3v) is 7.83. The van der Waals surface area contributed by atoms with Crippen LogP contribution in [0.2, 0.25) is 0 Å². The van der Waals surface area contributed by atoms with Crippen LogP contribution < -0.4 is 4.31 Å². The average Bonchev–Trinajstić information content (AvgIpc) is 3.05. The van der Waals surface area contributed by atoms with Gasteiger partial charge >= 0.3 is 0 Å². The van der Waals surface area contributed by atoms with E-state index in [0.29, 0.717) is 22.5 Å². The van der Waals surface area contributed by atoms with Gasteiger partial charge in [-0.1, -0.05) is 29.8 Å². The molecule has 10 heteroatoms. The van der Waals surface area contributed by atoms with Crippen LogP contribution in [0.1, 0.15) is 23.6 Å². The highest BCUT2D eigenvalue weighted by atomic mass is 32.2. The second-order valence-corrected chi connectivity index (χ2v) is 10.4. The van der Waals surface area contributed by atoms with Gasteiger partial charge in [0.25, 0.3) is 15.9 Å². The highest BCUT2D eigenvalue weighted by Crippen LogP contribution is 2.41. The van der Waals surface area contributed by atoms with Gasteiger partial charge in [-0.15, -0.1) is 0 Å². The van der Waals surface area contributed by atoms with Crippen LogP contribution in [0.15, 0.2) is 71.8 Å². The predicted molar refractivity (Wildman–Crippen MR) is 127 cm³/mol. The molecule has 180 valence electrons. The van der Waals surface area contributed by atoms with Crippen molar-refractivity contribution in [1.29, 1.82) is 0 Å². The van der Waals surface area contributed by atoms with E-state index in [9.17, 15) is 22.3 Å². The lowest BCUT2D eigenvalue weighted by Crippen LogP contribution is -2.33. The van der Waals surface area contributed by atoms with Gasteiger partial charge in [-0.3, -0.25) is 0 Å². The van der Waals surface area contributed by atoms with Gasteiger partial charge in [0.2, 0.25) is 5.88 Å². The van der Waals surface area contributed by atoms with Gasteiger partial charge in [-0.2, -0.15) is 5.10 Å². The van der Waals surface area contributed by atoms with Crippen molar-refractivity contribution in [3.8, 4) is 22.8 Å². The Hall–Kier alpha value is -3.79. The summed E-state index contributed by atoms with van der Waals surface area (Å²) in [5.74, 6) is -2.96. The lowest BCUT2D eigenvalue weighted by Gasteiger charge is -2.23. The van der Waals surface area contributed by atoms with E-state index in [1.807, 2.05) is 6.92 Å². The molecule has 35 heavy (non-hydrogen) atoms. The normalized spacial score (nSPS) is 13.8. The second kappa shape index (κ2) is 8.16. The van der Waals surface area contributed by atoms with Gasteiger partial charge < -0.3 is 5.11 Å². The van der Waals surface area contributed by atoms with Crippen molar-refractivity contribution < 1.29 is 22.3 Å². The summed E-state index contributed by atoms with van der Waals surface area (Å²) in [6.45, 7) is 2.73. The molecule has 1 aliphatic rings. The fourth-order valence-electron chi connectivity index (χ4n) is 4.13. The molecule has 1 N–H and O–H groups in total. The summed E-state index contributed by atoms with van der Waals surface area (Å²) in [5, 5.41) is 15.5. The highest BCUT2D eigenvalue weighted by molar-refractivity contribution is 7.92. The number of fused-ring (bicyclic) bond motifs is 3. The number of aromatic nitrogens is 3. The van der Waals surface area contributed by atoms with Crippen LogP contribution in [0.4, 0.5) is 14.6 Å². The number of nitrogens with zero attached hydrogens (tertiary/aromatic N) is 4.